The van der Waals surface area contributed by atoms with Crippen molar-refractivity contribution in [3.63, 3.8) is 0 Å². The van der Waals surface area contributed by atoms with Crippen LogP contribution in [0, 0.1) is 11.7 Å². The van der Waals surface area contributed by atoms with Crippen LogP contribution in [0.25, 0.3) is 0 Å². The van der Waals surface area contributed by atoms with Gasteiger partial charge in [-0.15, -0.1) is 0 Å². The molecular formula is C9H12BrFN2O. The van der Waals surface area contributed by atoms with Gasteiger partial charge in [0.2, 0.25) is 0 Å². The van der Waals surface area contributed by atoms with E-state index in [1.807, 2.05) is 0 Å². The highest BCUT2D eigenvalue weighted by atomic mass is 79.9. The van der Waals surface area contributed by atoms with E-state index in [-0.39, 0.29) is 18.2 Å². The molecule has 0 aliphatic carbocycles. The molecule has 78 valence electrons. The van der Waals surface area contributed by atoms with Crippen molar-refractivity contribution < 1.29 is 9.50 Å². The number of nitrogens with two attached hydrogens (primary N) is 1. The van der Waals surface area contributed by atoms with Gasteiger partial charge in [0.15, 0.2) is 0 Å². The zero-order valence-corrected chi connectivity index (χ0v) is 9.33. The number of hydrogen-bond donors (Lipinski definition) is 2. The van der Waals surface area contributed by atoms with Crippen LogP contribution >= 0.6 is 15.9 Å². The number of pyridine rings is 1. The molecule has 1 aromatic rings. The van der Waals surface area contributed by atoms with Gasteiger partial charge >= 0.3 is 0 Å². The van der Waals surface area contributed by atoms with Gasteiger partial charge in [-0.2, -0.15) is 0 Å². The Morgan fingerprint density at radius 2 is 2.36 bits per heavy atom. The largest absolute Gasteiger partial charge is 0.396 e. The van der Waals surface area contributed by atoms with Gasteiger partial charge in [-0.25, -0.2) is 4.39 Å². The summed E-state index contributed by atoms with van der Waals surface area (Å²) in [4.78, 5) is 3.89. The number of halogens is 2. The molecule has 0 fully saturated rings. The summed E-state index contributed by atoms with van der Waals surface area (Å²) in [5.41, 5.74) is 5.91. The SMILES string of the molecule is CC(CO)C(N)c1ncc(Br)cc1F. The third-order valence-corrected chi connectivity index (χ3v) is 2.49. The molecule has 14 heavy (non-hydrogen) atoms. The Balaban J connectivity index is 2.95. The topological polar surface area (TPSA) is 59.1 Å². The van der Waals surface area contributed by atoms with Crippen LogP contribution in [0.4, 0.5) is 4.39 Å². The minimum atomic E-state index is -0.576. The van der Waals surface area contributed by atoms with E-state index in [2.05, 4.69) is 20.9 Å². The minimum Gasteiger partial charge on any atom is -0.396 e. The van der Waals surface area contributed by atoms with Gasteiger partial charge in [-0.3, -0.25) is 4.98 Å². The van der Waals surface area contributed by atoms with Crippen molar-refractivity contribution in [3.8, 4) is 0 Å². The second-order valence-corrected chi connectivity index (χ2v) is 4.12. The Kier molecular flexibility index (Phi) is 3.97. The lowest BCUT2D eigenvalue weighted by Gasteiger charge is -2.17. The molecule has 0 saturated heterocycles. The van der Waals surface area contributed by atoms with E-state index in [0.717, 1.165) is 0 Å². The van der Waals surface area contributed by atoms with Crippen molar-refractivity contribution in [2.45, 2.75) is 13.0 Å². The molecule has 0 bridgehead atoms. The molecular weight excluding hydrogens is 251 g/mol. The molecule has 0 aromatic carbocycles. The monoisotopic (exact) mass is 262 g/mol. The minimum absolute atomic E-state index is 0.0850. The number of nitrogens with zero attached hydrogens (tertiary/aromatic N) is 1. The third-order valence-electron chi connectivity index (χ3n) is 2.05. The first-order valence-corrected chi connectivity index (χ1v) is 5.03. The Bertz CT molecular complexity index is 322. The molecule has 1 heterocycles. The number of aliphatic hydroxyl groups excluding tert-OH is 1. The van der Waals surface area contributed by atoms with Crippen LogP contribution in [0.15, 0.2) is 16.7 Å². The highest BCUT2D eigenvalue weighted by Crippen LogP contribution is 2.21. The molecule has 0 aliphatic heterocycles. The maximum absolute atomic E-state index is 13.3. The summed E-state index contributed by atoms with van der Waals surface area (Å²) >= 11 is 3.11. The first-order valence-electron chi connectivity index (χ1n) is 4.23. The second kappa shape index (κ2) is 4.82. The Morgan fingerprint density at radius 1 is 1.71 bits per heavy atom. The second-order valence-electron chi connectivity index (χ2n) is 3.21. The zero-order chi connectivity index (χ0) is 10.7. The highest BCUT2D eigenvalue weighted by Gasteiger charge is 2.19. The van der Waals surface area contributed by atoms with E-state index in [4.69, 9.17) is 10.8 Å². The molecule has 3 N–H and O–H groups in total. The van der Waals surface area contributed by atoms with Crippen LogP contribution in [0.1, 0.15) is 18.7 Å². The van der Waals surface area contributed by atoms with Crippen molar-refractivity contribution in [1.82, 2.24) is 4.98 Å². The van der Waals surface area contributed by atoms with Crippen molar-refractivity contribution >= 4 is 15.9 Å². The lowest BCUT2D eigenvalue weighted by molar-refractivity contribution is 0.214. The summed E-state index contributed by atoms with van der Waals surface area (Å²) in [7, 11) is 0. The molecule has 0 aliphatic rings. The van der Waals surface area contributed by atoms with Gasteiger partial charge in [0.25, 0.3) is 0 Å². The zero-order valence-electron chi connectivity index (χ0n) is 7.74. The van der Waals surface area contributed by atoms with Gasteiger partial charge in [0.1, 0.15) is 5.82 Å². The van der Waals surface area contributed by atoms with Gasteiger partial charge in [0, 0.05) is 23.2 Å². The Morgan fingerprint density at radius 3 is 2.86 bits per heavy atom. The van der Waals surface area contributed by atoms with E-state index in [0.29, 0.717) is 4.47 Å². The summed E-state index contributed by atoms with van der Waals surface area (Å²) < 4.78 is 13.9. The molecule has 0 amide bonds. The lowest BCUT2D eigenvalue weighted by Crippen LogP contribution is -2.24. The van der Waals surface area contributed by atoms with Crippen LogP contribution in [0.5, 0.6) is 0 Å². The molecule has 1 aromatic heterocycles. The van der Waals surface area contributed by atoms with E-state index in [1.54, 1.807) is 6.92 Å². The first kappa shape index (κ1) is 11.6. The number of rotatable bonds is 3. The molecule has 0 spiro atoms. The average Bonchev–Trinajstić information content (AvgIpc) is 2.15. The molecule has 5 heteroatoms. The summed E-state index contributed by atoms with van der Waals surface area (Å²) in [5.74, 6) is -0.662. The van der Waals surface area contributed by atoms with Crippen LogP contribution in [-0.4, -0.2) is 16.7 Å². The summed E-state index contributed by atoms with van der Waals surface area (Å²) in [6.07, 6.45) is 1.49. The predicted molar refractivity (Wildman–Crippen MR) is 55.1 cm³/mol. The molecule has 0 radical (unpaired) electrons. The van der Waals surface area contributed by atoms with Crippen LogP contribution in [-0.2, 0) is 0 Å². The van der Waals surface area contributed by atoms with E-state index in [9.17, 15) is 4.39 Å². The Labute approximate surface area is 90.3 Å². The number of aliphatic hydroxyl groups is 1. The molecule has 2 atom stereocenters. The fourth-order valence-electron chi connectivity index (χ4n) is 1.05. The van der Waals surface area contributed by atoms with Gasteiger partial charge < -0.3 is 10.8 Å². The maximum atomic E-state index is 13.3. The van der Waals surface area contributed by atoms with Gasteiger partial charge in [-0.05, 0) is 22.0 Å². The average molecular weight is 263 g/mol. The number of aromatic nitrogens is 1. The van der Waals surface area contributed by atoms with Crippen LogP contribution in [0.2, 0.25) is 0 Å². The normalized spacial score (nSPS) is 15.2. The van der Waals surface area contributed by atoms with E-state index in [1.165, 1.54) is 12.3 Å². The fourth-order valence-corrected chi connectivity index (χ4v) is 1.36. The smallest absolute Gasteiger partial charge is 0.147 e. The molecule has 0 saturated carbocycles. The maximum Gasteiger partial charge on any atom is 0.147 e. The van der Waals surface area contributed by atoms with E-state index >= 15 is 0 Å². The van der Waals surface area contributed by atoms with Crippen molar-refractivity contribution in [3.05, 3.63) is 28.2 Å². The third kappa shape index (κ3) is 2.50. The number of hydrogen-bond acceptors (Lipinski definition) is 3. The van der Waals surface area contributed by atoms with Crippen molar-refractivity contribution in [2.24, 2.45) is 11.7 Å². The first-order chi connectivity index (χ1) is 6.56. The van der Waals surface area contributed by atoms with Gasteiger partial charge in [-0.1, -0.05) is 6.92 Å². The molecule has 3 nitrogen and oxygen atoms in total. The van der Waals surface area contributed by atoms with Crippen molar-refractivity contribution in [1.29, 1.82) is 0 Å². The Hall–Kier alpha value is -0.520. The quantitative estimate of drug-likeness (QED) is 0.871. The van der Waals surface area contributed by atoms with Crippen molar-refractivity contribution in [2.75, 3.05) is 6.61 Å². The summed E-state index contributed by atoms with van der Waals surface area (Å²) in [6.45, 7) is 1.66. The van der Waals surface area contributed by atoms with Crippen LogP contribution < -0.4 is 5.73 Å². The standard InChI is InChI=1S/C9H12BrFN2O/c1-5(4-14)8(12)9-7(11)2-6(10)3-13-9/h2-3,5,8,14H,4,12H2,1H3. The lowest BCUT2D eigenvalue weighted by atomic mass is 10.00. The van der Waals surface area contributed by atoms with Crippen LogP contribution in [0.3, 0.4) is 0 Å². The highest BCUT2D eigenvalue weighted by molar-refractivity contribution is 9.10. The summed E-state index contributed by atoms with van der Waals surface area (Å²) in [5, 5.41) is 8.87. The predicted octanol–water partition coefficient (Wildman–Crippen LogP) is 1.61. The molecule has 2 unspecified atom stereocenters. The summed E-state index contributed by atoms with van der Waals surface area (Å²) in [6, 6.07) is 0.736. The molecule has 1 rings (SSSR count). The fraction of sp³-hybridized carbons (Fsp3) is 0.444. The van der Waals surface area contributed by atoms with E-state index < -0.39 is 11.9 Å². The van der Waals surface area contributed by atoms with Gasteiger partial charge in [0.05, 0.1) is 11.7 Å².